The van der Waals surface area contributed by atoms with Gasteiger partial charge in [-0.15, -0.1) is 11.3 Å². The van der Waals surface area contributed by atoms with Crippen LogP contribution < -0.4 is 5.32 Å². The topological polar surface area (TPSA) is 57.8 Å². The number of thiophene rings is 1. The van der Waals surface area contributed by atoms with Gasteiger partial charge in [0.2, 0.25) is 5.95 Å². The lowest BCUT2D eigenvalue weighted by molar-refractivity contribution is -0.115. The number of rotatable bonds is 3. The predicted octanol–water partition coefficient (Wildman–Crippen LogP) is 4.07. The summed E-state index contributed by atoms with van der Waals surface area (Å²) in [7, 11) is 0. The molecule has 1 unspecified atom stereocenters. The fraction of sp³-hybridized carbons (Fsp3) is 0.176. The van der Waals surface area contributed by atoms with Gasteiger partial charge in [-0.2, -0.15) is 0 Å². The first-order valence-electron chi connectivity index (χ1n) is 7.26. The first-order chi connectivity index (χ1) is 10.8. The number of para-hydroxylation sites is 2. The van der Waals surface area contributed by atoms with Gasteiger partial charge in [0.25, 0.3) is 0 Å². The molecule has 2 aromatic heterocycles. The molecule has 1 atom stereocenters. The fourth-order valence-corrected chi connectivity index (χ4v) is 3.70. The van der Waals surface area contributed by atoms with Gasteiger partial charge in [0.05, 0.1) is 11.0 Å². The highest BCUT2D eigenvalue weighted by Gasteiger charge is 2.23. The lowest BCUT2D eigenvalue weighted by atomic mass is 9.90. The molecule has 0 fully saturated rings. The van der Waals surface area contributed by atoms with Crippen molar-refractivity contribution in [1.82, 2.24) is 9.97 Å². The Morgan fingerprint density at radius 1 is 1.18 bits per heavy atom. The average Bonchev–Trinajstić information content (AvgIpc) is 3.15. The van der Waals surface area contributed by atoms with E-state index in [2.05, 4.69) is 26.7 Å². The third kappa shape index (κ3) is 2.55. The fourth-order valence-electron chi connectivity index (χ4n) is 2.87. The third-order valence-electron chi connectivity index (χ3n) is 3.86. The third-order valence-corrected chi connectivity index (χ3v) is 4.90. The van der Waals surface area contributed by atoms with E-state index in [4.69, 9.17) is 0 Å². The number of ketones is 1. The molecule has 0 spiro atoms. The van der Waals surface area contributed by atoms with Gasteiger partial charge in [0.1, 0.15) is 0 Å². The smallest absolute Gasteiger partial charge is 0.205 e. The van der Waals surface area contributed by atoms with E-state index < -0.39 is 0 Å². The number of hydrogen-bond donors (Lipinski definition) is 2. The number of carbonyl (C=O) groups is 1. The second kappa shape index (κ2) is 5.42. The Bertz CT molecular complexity index is 815. The molecule has 0 bridgehead atoms. The van der Waals surface area contributed by atoms with Crippen LogP contribution in [0, 0.1) is 0 Å². The zero-order valence-electron chi connectivity index (χ0n) is 11.9. The summed E-state index contributed by atoms with van der Waals surface area (Å²) >= 11 is 1.71. The molecule has 0 amide bonds. The Kier molecular flexibility index (Phi) is 3.27. The SMILES string of the molecule is O=C1C=C(Nc2nc3ccccc3[nH]2)CC(c2cccs2)C1. The molecule has 0 aliphatic heterocycles. The van der Waals surface area contributed by atoms with Crippen molar-refractivity contribution in [1.29, 1.82) is 0 Å². The molecule has 1 aliphatic rings. The average molecular weight is 309 g/mol. The zero-order valence-corrected chi connectivity index (χ0v) is 12.7. The van der Waals surface area contributed by atoms with Crippen LogP contribution in [0.5, 0.6) is 0 Å². The van der Waals surface area contributed by atoms with E-state index in [-0.39, 0.29) is 11.7 Å². The molecule has 0 radical (unpaired) electrons. The number of anilines is 1. The maximum atomic E-state index is 12.0. The Balaban J connectivity index is 1.57. The van der Waals surface area contributed by atoms with E-state index in [9.17, 15) is 4.79 Å². The Labute approximate surface area is 131 Å². The molecule has 22 heavy (non-hydrogen) atoms. The van der Waals surface area contributed by atoms with E-state index in [1.54, 1.807) is 17.4 Å². The van der Waals surface area contributed by atoms with Crippen LogP contribution in [0.15, 0.2) is 53.6 Å². The highest BCUT2D eigenvalue weighted by molar-refractivity contribution is 7.10. The summed E-state index contributed by atoms with van der Waals surface area (Å²) in [6, 6.07) is 12.0. The first kappa shape index (κ1) is 13.3. The summed E-state index contributed by atoms with van der Waals surface area (Å²) in [6.45, 7) is 0. The van der Waals surface area contributed by atoms with Crippen molar-refractivity contribution in [2.75, 3.05) is 5.32 Å². The number of nitrogens with one attached hydrogen (secondary N) is 2. The standard InChI is InChI=1S/C17H15N3OS/c21-13-9-11(16-6-3-7-22-16)8-12(10-13)18-17-19-14-4-1-2-5-15(14)20-17/h1-7,10-11H,8-9H2,(H2,18,19,20). The highest BCUT2D eigenvalue weighted by atomic mass is 32.1. The van der Waals surface area contributed by atoms with Crippen LogP contribution in [0.25, 0.3) is 11.0 Å². The zero-order chi connectivity index (χ0) is 14.9. The second-order valence-corrected chi connectivity index (χ2v) is 6.46. The van der Waals surface area contributed by atoms with Crippen LogP contribution >= 0.6 is 11.3 Å². The molecule has 110 valence electrons. The number of hydrogen-bond acceptors (Lipinski definition) is 4. The normalized spacial score (nSPS) is 18.5. The predicted molar refractivity (Wildman–Crippen MR) is 89.1 cm³/mol. The number of allylic oxidation sites excluding steroid dienone is 2. The van der Waals surface area contributed by atoms with Gasteiger partial charge in [-0.3, -0.25) is 4.79 Å². The summed E-state index contributed by atoms with van der Waals surface area (Å²) < 4.78 is 0. The van der Waals surface area contributed by atoms with Crippen LogP contribution in [0.4, 0.5) is 5.95 Å². The number of imidazole rings is 1. The molecule has 1 aromatic carbocycles. The van der Waals surface area contributed by atoms with Crippen molar-refractivity contribution >= 4 is 34.1 Å². The van der Waals surface area contributed by atoms with Crippen molar-refractivity contribution in [3.05, 3.63) is 58.4 Å². The van der Waals surface area contributed by atoms with Crippen LogP contribution in [0.2, 0.25) is 0 Å². The van der Waals surface area contributed by atoms with Crippen LogP contribution in [0.1, 0.15) is 23.6 Å². The Morgan fingerprint density at radius 3 is 2.91 bits per heavy atom. The van der Waals surface area contributed by atoms with Gasteiger partial charge in [-0.25, -0.2) is 4.98 Å². The Hall–Kier alpha value is -2.40. The van der Waals surface area contributed by atoms with E-state index in [0.717, 1.165) is 23.2 Å². The maximum Gasteiger partial charge on any atom is 0.205 e. The molecule has 0 saturated carbocycles. The largest absolute Gasteiger partial charge is 0.329 e. The first-order valence-corrected chi connectivity index (χ1v) is 8.14. The molecule has 5 heteroatoms. The molecule has 0 saturated heterocycles. The van der Waals surface area contributed by atoms with Crippen LogP contribution in [0.3, 0.4) is 0 Å². The minimum atomic E-state index is 0.170. The minimum Gasteiger partial charge on any atom is -0.329 e. The minimum absolute atomic E-state index is 0.170. The summed E-state index contributed by atoms with van der Waals surface area (Å²) in [5, 5.41) is 5.33. The van der Waals surface area contributed by atoms with E-state index in [0.29, 0.717) is 12.4 Å². The quantitative estimate of drug-likeness (QED) is 0.767. The van der Waals surface area contributed by atoms with Crippen molar-refractivity contribution in [2.24, 2.45) is 0 Å². The number of H-pyrrole nitrogens is 1. The van der Waals surface area contributed by atoms with E-state index in [1.807, 2.05) is 30.3 Å². The van der Waals surface area contributed by atoms with Crippen LogP contribution in [-0.2, 0) is 4.79 Å². The maximum absolute atomic E-state index is 12.0. The Morgan fingerprint density at radius 2 is 2.09 bits per heavy atom. The van der Waals surface area contributed by atoms with Gasteiger partial charge in [-0.1, -0.05) is 18.2 Å². The van der Waals surface area contributed by atoms with Crippen molar-refractivity contribution in [3.63, 3.8) is 0 Å². The van der Waals surface area contributed by atoms with Crippen molar-refractivity contribution < 1.29 is 4.79 Å². The number of aromatic amines is 1. The number of aromatic nitrogens is 2. The van der Waals surface area contributed by atoms with Crippen molar-refractivity contribution in [3.8, 4) is 0 Å². The summed E-state index contributed by atoms with van der Waals surface area (Å²) in [5.41, 5.74) is 2.83. The lowest BCUT2D eigenvalue weighted by Gasteiger charge is -2.21. The van der Waals surface area contributed by atoms with Gasteiger partial charge < -0.3 is 10.3 Å². The van der Waals surface area contributed by atoms with Crippen LogP contribution in [-0.4, -0.2) is 15.8 Å². The molecule has 2 heterocycles. The number of benzene rings is 1. The summed E-state index contributed by atoms with van der Waals surface area (Å²) in [5.74, 6) is 1.12. The molecule has 1 aliphatic carbocycles. The second-order valence-electron chi connectivity index (χ2n) is 5.48. The number of carbonyl (C=O) groups excluding carboxylic acids is 1. The molecule has 4 rings (SSSR count). The van der Waals surface area contributed by atoms with Gasteiger partial charge in [-0.05, 0) is 30.0 Å². The van der Waals surface area contributed by atoms with E-state index in [1.165, 1.54) is 4.88 Å². The summed E-state index contributed by atoms with van der Waals surface area (Å²) in [6.07, 6.45) is 3.13. The molecular formula is C17H15N3OS. The van der Waals surface area contributed by atoms with E-state index >= 15 is 0 Å². The molecule has 3 aromatic rings. The number of nitrogens with zero attached hydrogens (tertiary/aromatic N) is 1. The monoisotopic (exact) mass is 309 g/mol. The highest BCUT2D eigenvalue weighted by Crippen LogP contribution is 2.34. The molecule has 4 nitrogen and oxygen atoms in total. The van der Waals surface area contributed by atoms with Gasteiger partial charge in [0.15, 0.2) is 5.78 Å². The lowest BCUT2D eigenvalue weighted by Crippen LogP contribution is -2.16. The van der Waals surface area contributed by atoms with Gasteiger partial charge in [0, 0.05) is 29.0 Å². The molecule has 2 N–H and O–H groups in total. The van der Waals surface area contributed by atoms with Crippen molar-refractivity contribution in [2.45, 2.75) is 18.8 Å². The molecular weight excluding hydrogens is 294 g/mol. The van der Waals surface area contributed by atoms with Gasteiger partial charge >= 0.3 is 0 Å². The summed E-state index contributed by atoms with van der Waals surface area (Å²) in [4.78, 5) is 21.0. The number of fused-ring (bicyclic) bond motifs is 1.